The van der Waals surface area contributed by atoms with Crippen molar-refractivity contribution in [2.75, 3.05) is 18.0 Å². The summed E-state index contributed by atoms with van der Waals surface area (Å²) in [7, 11) is 0. The first kappa shape index (κ1) is 21.3. The van der Waals surface area contributed by atoms with E-state index >= 15 is 0 Å². The lowest BCUT2D eigenvalue weighted by Crippen LogP contribution is -2.37. The predicted octanol–water partition coefficient (Wildman–Crippen LogP) is 6.58. The Labute approximate surface area is 197 Å². The van der Waals surface area contributed by atoms with Gasteiger partial charge in [-0.3, -0.25) is 0 Å². The summed E-state index contributed by atoms with van der Waals surface area (Å²) in [5, 5.41) is 14.6. The summed E-state index contributed by atoms with van der Waals surface area (Å²) in [5.41, 5.74) is 4.14. The highest BCUT2D eigenvalue weighted by atomic mass is 35.5. The molecule has 0 atom stereocenters. The van der Waals surface area contributed by atoms with Crippen LogP contribution in [0, 0.1) is 11.3 Å². The van der Waals surface area contributed by atoms with Crippen molar-refractivity contribution in [1.29, 1.82) is 5.26 Å². The van der Waals surface area contributed by atoms with Gasteiger partial charge in [-0.15, -0.1) is 0 Å². The molecule has 164 valence electrons. The van der Waals surface area contributed by atoms with E-state index in [-0.39, 0.29) is 6.10 Å². The number of hydrogen-bond acceptors (Lipinski definition) is 5. The summed E-state index contributed by atoms with van der Waals surface area (Å²) in [6.07, 6.45) is 4.21. The third-order valence-electron chi connectivity index (χ3n) is 6.21. The molecule has 3 aromatic rings. The molecule has 1 aromatic heterocycles. The van der Waals surface area contributed by atoms with Gasteiger partial charge in [0.25, 0.3) is 0 Å². The minimum Gasteiger partial charge on any atom is -0.373 e. The first-order valence-electron chi connectivity index (χ1n) is 10.9. The number of anilines is 1. The number of nitriles is 1. The van der Waals surface area contributed by atoms with E-state index in [4.69, 9.17) is 37.7 Å². The maximum absolute atomic E-state index is 9.15. The quantitative estimate of drug-likeness (QED) is 0.409. The van der Waals surface area contributed by atoms with Crippen LogP contribution in [0.4, 0.5) is 5.69 Å². The van der Waals surface area contributed by atoms with Gasteiger partial charge in [0.15, 0.2) is 0 Å². The highest BCUT2D eigenvalue weighted by Crippen LogP contribution is 2.46. The third-order valence-corrected chi connectivity index (χ3v) is 6.84. The Morgan fingerprint density at radius 2 is 1.78 bits per heavy atom. The monoisotopic (exact) mass is 467 g/mol. The van der Waals surface area contributed by atoms with E-state index in [9.17, 15) is 0 Å². The van der Waals surface area contributed by atoms with Gasteiger partial charge >= 0.3 is 0 Å². The highest BCUT2D eigenvalue weighted by Gasteiger charge is 2.34. The summed E-state index contributed by atoms with van der Waals surface area (Å²) >= 11 is 12.9. The molecule has 2 aromatic carbocycles. The zero-order valence-electron chi connectivity index (χ0n) is 17.6. The topological polar surface area (TPSA) is 62.3 Å². The molecule has 5 rings (SSSR count). The van der Waals surface area contributed by atoms with Crippen molar-refractivity contribution in [3.8, 4) is 17.3 Å². The van der Waals surface area contributed by atoms with Crippen LogP contribution in [0.2, 0.25) is 10.0 Å². The lowest BCUT2D eigenvalue weighted by molar-refractivity contribution is 0.0246. The molecule has 0 spiro atoms. The fraction of sp³-hybridized carbons (Fsp3) is 0.360. The first-order valence-corrected chi connectivity index (χ1v) is 11.7. The van der Waals surface area contributed by atoms with Gasteiger partial charge in [-0.2, -0.15) is 5.26 Å². The van der Waals surface area contributed by atoms with E-state index in [2.05, 4.69) is 22.2 Å². The van der Waals surface area contributed by atoms with Crippen LogP contribution >= 0.6 is 23.2 Å². The average molecular weight is 468 g/mol. The van der Waals surface area contributed by atoms with Gasteiger partial charge in [0, 0.05) is 35.8 Å². The molecule has 2 fully saturated rings. The molecular formula is C25H23Cl2N3O2. The third kappa shape index (κ3) is 4.36. The van der Waals surface area contributed by atoms with Gasteiger partial charge in [0.1, 0.15) is 11.5 Å². The van der Waals surface area contributed by atoms with Gasteiger partial charge in [-0.25, -0.2) is 0 Å². The lowest BCUT2D eigenvalue weighted by Gasteiger charge is -2.33. The van der Waals surface area contributed by atoms with Crippen molar-refractivity contribution in [1.82, 2.24) is 5.16 Å². The predicted molar refractivity (Wildman–Crippen MR) is 125 cm³/mol. The molecule has 0 amide bonds. The Balaban J connectivity index is 1.29. The van der Waals surface area contributed by atoms with Gasteiger partial charge < -0.3 is 14.2 Å². The molecule has 1 aliphatic carbocycles. The number of rotatable bonds is 6. The van der Waals surface area contributed by atoms with Gasteiger partial charge in [-0.1, -0.05) is 40.5 Å². The van der Waals surface area contributed by atoms with Gasteiger partial charge in [-0.05, 0) is 56.0 Å². The van der Waals surface area contributed by atoms with Crippen LogP contribution in [0.25, 0.3) is 11.3 Å². The van der Waals surface area contributed by atoms with Crippen LogP contribution in [0.1, 0.15) is 48.5 Å². The Bertz CT molecular complexity index is 1140. The Kier molecular flexibility index (Phi) is 6.10. The van der Waals surface area contributed by atoms with Crippen molar-refractivity contribution < 1.29 is 9.26 Å². The fourth-order valence-corrected chi connectivity index (χ4v) is 4.88. The maximum Gasteiger partial charge on any atom is 0.145 e. The van der Waals surface area contributed by atoms with Crippen molar-refractivity contribution in [2.45, 2.75) is 44.3 Å². The molecular weight excluding hydrogens is 445 g/mol. The number of piperidine rings is 1. The lowest BCUT2D eigenvalue weighted by atomic mass is 10.0. The number of aromatic nitrogens is 1. The second-order valence-electron chi connectivity index (χ2n) is 8.40. The Hall–Kier alpha value is -2.52. The minimum atomic E-state index is 0.155. The molecule has 0 unspecified atom stereocenters. The zero-order valence-corrected chi connectivity index (χ0v) is 19.1. The number of benzene rings is 2. The van der Waals surface area contributed by atoms with Gasteiger partial charge in [0.05, 0.1) is 34.4 Å². The smallest absolute Gasteiger partial charge is 0.145 e. The number of hydrogen-bond donors (Lipinski definition) is 0. The van der Waals surface area contributed by atoms with E-state index < -0.39 is 0 Å². The Morgan fingerprint density at radius 3 is 2.47 bits per heavy atom. The second kappa shape index (κ2) is 9.15. The van der Waals surface area contributed by atoms with E-state index in [0.717, 1.165) is 55.8 Å². The SMILES string of the molecule is N#Cc1cccc(N2CCC(OCc3c(-c4c(Cl)cccc4Cl)noc3C3CC3)CC2)c1. The van der Waals surface area contributed by atoms with Crippen molar-refractivity contribution >= 4 is 28.9 Å². The van der Waals surface area contributed by atoms with E-state index in [0.29, 0.717) is 39.4 Å². The summed E-state index contributed by atoms with van der Waals surface area (Å²) in [6.45, 7) is 2.21. The average Bonchev–Trinajstić information content (AvgIpc) is 3.58. The van der Waals surface area contributed by atoms with Gasteiger partial charge in [0.2, 0.25) is 0 Å². The molecule has 2 heterocycles. The molecule has 32 heavy (non-hydrogen) atoms. The van der Waals surface area contributed by atoms with Crippen molar-refractivity contribution in [3.05, 3.63) is 69.4 Å². The number of ether oxygens (including phenoxy) is 1. The standard InChI is InChI=1S/C25H23Cl2N3O2/c26-21-5-2-6-22(27)23(21)24-20(25(32-29-24)17-7-8-17)15-31-19-9-11-30(12-10-19)18-4-1-3-16(13-18)14-28/h1-6,13,17,19H,7-12,15H2. The molecule has 0 N–H and O–H groups in total. The molecule has 7 heteroatoms. The fourth-order valence-electron chi connectivity index (χ4n) is 4.30. The molecule has 1 saturated heterocycles. The largest absolute Gasteiger partial charge is 0.373 e. The van der Waals surface area contributed by atoms with Crippen LogP contribution in [-0.4, -0.2) is 24.4 Å². The summed E-state index contributed by atoms with van der Waals surface area (Å²) in [4.78, 5) is 2.31. The van der Waals surface area contributed by atoms with E-state index in [1.807, 2.05) is 36.4 Å². The van der Waals surface area contributed by atoms with Crippen molar-refractivity contribution in [2.24, 2.45) is 0 Å². The maximum atomic E-state index is 9.15. The molecule has 1 aliphatic heterocycles. The minimum absolute atomic E-state index is 0.155. The number of halogens is 2. The van der Waals surface area contributed by atoms with E-state index in [1.54, 1.807) is 0 Å². The van der Waals surface area contributed by atoms with Crippen molar-refractivity contribution in [3.63, 3.8) is 0 Å². The molecule has 2 aliphatic rings. The van der Waals surface area contributed by atoms with Crippen LogP contribution in [0.3, 0.4) is 0 Å². The second-order valence-corrected chi connectivity index (χ2v) is 9.22. The molecule has 1 saturated carbocycles. The Morgan fingerprint density at radius 1 is 1.06 bits per heavy atom. The van der Waals surface area contributed by atoms with Crippen LogP contribution in [0.15, 0.2) is 47.0 Å². The van der Waals surface area contributed by atoms with E-state index in [1.165, 1.54) is 0 Å². The molecule has 0 bridgehead atoms. The highest BCUT2D eigenvalue weighted by molar-refractivity contribution is 6.39. The summed E-state index contributed by atoms with van der Waals surface area (Å²) in [6, 6.07) is 15.4. The van der Waals surface area contributed by atoms with Crippen LogP contribution in [-0.2, 0) is 11.3 Å². The summed E-state index contributed by atoms with van der Waals surface area (Å²) in [5.74, 6) is 1.31. The first-order chi connectivity index (χ1) is 15.6. The normalized spacial score (nSPS) is 16.8. The van der Waals surface area contributed by atoms with Crippen LogP contribution in [0.5, 0.6) is 0 Å². The van der Waals surface area contributed by atoms with Crippen LogP contribution < -0.4 is 4.90 Å². The summed E-state index contributed by atoms with van der Waals surface area (Å²) < 4.78 is 12.1. The zero-order chi connectivity index (χ0) is 22.1. The molecule has 5 nitrogen and oxygen atoms in total. The molecule has 0 radical (unpaired) electrons. The number of nitrogens with zero attached hydrogens (tertiary/aromatic N) is 3.